The number of carbonyl (C=O) groups excluding carboxylic acids is 1. The third-order valence-corrected chi connectivity index (χ3v) is 7.10. The number of hydrogen-bond acceptors (Lipinski definition) is 7. The Labute approximate surface area is 198 Å². The number of aliphatic hydroxyl groups excluding tert-OH is 1. The van der Waals surface area contributed by atoms with Gasteiger partial charge >= 0.3 is 0 Å². The highest BCUT2D eigenvalue weighted by Crippen LogP contribution is 2.49. The zero-order chi connectivity index (χ0) is 23.7. The Kier molecular flexibility index (Phi) is 6.20. The van der Waals surface area contributed by atoms with Crippen molar-refractivity contribution in [2.24, 2.45) is 10.9 Å². The average molecular weight is 486 g/mol. The Hall–Kier alpha value is -3.08. The Morgan fingerprint density at radius 3 is 2.79 bits per heavy atom. The zero-order valence-electron chi connectivity index (χ0n) is 17.9. The van der Waals surface area contributed by atoms with E-state index in [0.29, 0.717) is 34.5 Å². The summed E-state index contributed by atoms with van der Waals surface area (Å²) in [4.78, 5) is 21.7. The van der Waals surface area contributed by atoms with Crippen molar-refractivity contribution in [2.45, 2.75) is 24.7 Å². The van der Waals surface area contributed by atoms with Crippen LogP contribution in [-0.2, 0) is 16.9 Å². The van der Waals surface area contributed by atoms with E-state index in [2.05, 4.69) is 10.3 Å². The van der Waals surface area contributed by atoms with Crippen molar-refractivity contribution >= 4 is 22.8 Å². The third-order valence-electron chi connectivity index (χ3n) is 6.06. The molecule has 2 aromatic carbocycles. The van der Waals surface area contributed by atoms with Gasteiger partial charge in [0.25, 0.3) is 5.91 Å². The van der Waals surface area contributed by atoms with Gasteiger partial charge in [-0.05, 0) is 24.6 Å². The topological polar surface area (TPSA) is 97.0 Å². The van der Waals surface area contributed by atoms with Crippen molar-refractivity contribution in [3.63, 3.8) is 0 Å². The SMILES string of the molecule is O=C(NC1=N[C@@]2(c3ccc(F)cc3F)CO[C@@H](c3nc(CO)co3)C[C@H]2CS1)c1ccccc1. The van der Waals surface area contributed by atoms with Crippen molar-refractivity contribution in [3.05, 3.63) is 89.1 Å². The summed E-state index contributed by atoms with van der Waals surface area (Å²) < 4.78 is 40.2. The molecule has 2 aliphatic heterocycles. The molecular formula is C24H21F2N3O4S. The molecule has 1 amide bonds. The molecule has 0 radical (unpaired) electrons. The number of oxazole rings is 1. The minimum atomic E-state index is -1.16. The molecule has 0 saturated carbocycles. The van der Waals surface area contributed by atoms with Gasteiger partial charge in [-0.15, -0.1) is 0 Å². The van der Waals surface area contributed by atoms with E-state index in [1.165, 1.54) is 30.2 Å². The van der Waals surface area contributed by atoms with E-state index < -0.39 is 23.3 Å². The second kappa shape index (κ2) is 9.28. The minimum Gasteiger partial charge on any atom is -0.446 e. The molecule has 3 atom stereocenters. The van der Waals surface area contributed by atoms with Gasteiger partial charge in [-0.25, -0.2) is 18.8 Å². The van der Waals surface area contributed by atoms with Crippen LogP contribution in [0.2, 0.25) is 0 Å². The molecule has 0 spiro atoms. The second-order valence-corrected chi connectivity index (χ2v) is 9.17. The number of halogens is 2. The molecule has 3 heterocycles. The molecule has 3 aromatic rings. The lowest BCUT2D eigenvalue weighted by Gasteiger charge is -2.46. The standard InChI is InChI=1S/C24H21F2N3O4S/c25-16-6-7-18(19(26)9-16)24-13-33-20(22-27-17(10-30)11-32-22)8-15(24)12-34-23(29-24)28-21(31)14-4-2-1-3-5-14/h1-7,9,11,15,20,30H,8,10,12-13H2,(H,28,29,31)/t15-,20+,24-/m0/s1. The summed E-state index contributed by atoms with van der Waals surface area (Å²) in [6, 6.07) is 12.1. The Balaban J connectivity index is 1.48. The minimum absolute atomic E-state index is 0.0208. The predicted molar refractivity (Wildman–Crippen MR) is 121 cm³/mol. The van der Waals surface area contributed by atoms with Gasteiger partial charge in [-0.1, -0.05) is 36.0 Å². The molecule has 0 unspecified atom stereocenters. The first kappa shape index (κ1) is 22.7. The Bertz CT molecular complexity index is 1240. The average Bonchev–Trinajstić information content (AvgIpc) is 3.33. The van der Waals surface area contributed by atoms with Crippen molar-refractivity contribution in [1.82, 2.24) is 10.3 Å². The molecule has 5 rings (SSSR count). The summed E-state index contributed by atoms with van der Waals surface area (Å²) in [7, 11) is 0. The number of nitrogens with one attached hydrogen (secondary N) is 1. The highest BCUT2D eigenvalue weighted by atomic mass is 32.2. The number of amides is 1. The summed E-state index contributed by atoms with van der Waals surface area (Å²) in [5.74, 6) is -1.11. The fourth-order valence-corrected chi connectivity index (χ4v) is 5.49. The summed E-state index contributed by atoms with van der Waals surface area (Å²) in [6.45, 7) is -0.276. The highest BCUT2D eigenvalue weighted by Gasteiger charge is 2.50. The van der Waals surface area contributed by atoms with Crippen molar-refractivity contribution in [1.29, 1.82) is 0 Å². The first-order valence-corrected chi connectivity index (χ1v) is 11.7. The van der Waals surface area contributed by atoms with Gasteiger partial charge in [-0.2, -0.15) is 0 Å². The summed E-state index contributed by atoms with van der Waals surface area (Å²) >= 11 is 1.36. The second-order valence-electron chi connectivity index (χ2n) is 8.16. The van der Waals surface area contributed by atoms with Gasteiger partial charge in [0.05, 0.1) is 13.2 Å². The van der Waals surface area contributed by atoms with E-state index in [-0.39, 0.29) is 30.6 Å². The fourth-order valence-electron chi connectivity index (χ4n) is 4.33. The predicted octanol–water partition coefficient (Wildman–Crippen LogP) is 3.95. The third kappa shape index (κ3) is 4.24. The quantitative estimate of drug-likeness (QED) is 0.581. The molecule has 2 N–H and O–H groups in total. The van der Waals surface area contributed by atoms with Crippen LogP contribution in [-0.4, -0.2) is 33.5 Å². The number of amidine groups is 1. The molecule has 1 aromatic heterocycles. The summed E-state index contributed by atoms with van der Waals surface area (Å²) in [6.07, 6.45) is 1.28. The highest BCUT2D eigenvalue weighted by molar-refractivity contribution is 8.13. The number of hydrogen-bond donors (Lipinski definition) is 2. The first-order valence-electron chi connectivity index (χ1n) is 10.7. The maximum Gasteiger partial charge on any atom is 0.257 e. The maximum atomic E-state index is 15.0. The van der Waals surface area contributed by atoms with Crippen LogP contribution in [0, 0.1) is 17.6 Å². The number of ether oxygens (including phenoxy) is 1. The molecule has 0 aliphatic carbocycles. The number of rotatable bonds is 4. The number of aliphatic hydroxyl groups is 1. The monoisotopic (exact) mass is 485 g/mol. The van der Waals surface area contributed by atoms with E-state index >= 15 is 4.39 Å². The van der Waals surface area contributed by atoms with E-state index in [4.69, 9.17) is 14.1 Å². The van der Waals surface area contributed by atoms with Crippen molar-refractivity contribution in [3.8, 4) is 0 Å². The van der Waals surface area contributed by atoms with E-state index in [9.17, 15) is 14.3 Å². The maximum absolute atomic E-state index is 15.0. The lowest BCUT2D eigenvalue weighted by molar-refractivity contribution is -0.0698. The molecule has 7 nitrogen and oxygen atoms in total. The van der Waals surface area contributed by atoms with Gasteiger partial charge in [0, 0.05) is 28.9 Å². The Morgan fingerprint density at radius 2 is 2.06 bits per heavy atom. The van der Waals surface area contributed by atoms with Gasteiger partial charge in [0.2, 0.25) is 5.89 Å². The normalized spacial score (nSPS) is 24.3. The molecule has 0 bridgehead atoms. The van der Waals surface area contributed by atoms with Gasteiger partial charge < -0.3 is 19.6 Å². The summed E-state index contributed by atoms with van der Waals surface area (Å²) in [5.41, 5.74) is -0.0985. The van der Waals surface area contributed by atoms with Crippen LogP contribution in [0.1, 0.15) is 40.0 Å². The first-order chi connectivity index (χ1) is 16.5. The van der Waals surface area contributed by atoms with Crippen LogP contribution in [0.3, 0.4) is 0 Å². The number of nitrogens with zero attached hydrogens (tertiary/aromatic N) is 2. The number of thioether (sulfide) groups is 1. The van der Waals surface area contributed by atoms with E-state index in [1.54, 1.807) is 24.3 Å². The molecule has 1 fully saturated rings. The summed E-state index contributed by atoms with van der Waals surface area (Å²) in [5, 5.41) is 12.4. The van der Waals surface area contributed by atoms with Gasteiger partial charge in [-0.3, -0.25) is 4.79 Å². The number of aromatic nitrogens is 1. The van der Waals surface area contributed by atoms with Crippen LogP contribution in [0.15, 0.2) is 64.2 Å². The van der Waals surface area contributed by atoms with E-state index in [0.717, 1.165) is 6.07 Å². The largest absolute Gasteiger partial charge is 0.446 e. The van der Waals surface area contributed by atoms with Gasteiger partial charge in [0.1, 0.15) is 35.2 Å². The van der Waals surface area contributed by atoms with Crippen LogP contribution in [0.4, 0.5) is 8.78 Å². The molecule has 10 heteroatoms. The molecule has 2 aliphatic rings. The van der Waals surface area contributed by atoms with Crippen molar-refractivity contribution < 1.29 is 27.8 Å². The smallest absolute Gasteiger partial charge is 0.257 e. The van der Waals surface area contributed by atoms with Crippen LogP contribution in [0.5, 0.6) is 0 Å². The number of aliphatic imine (C=N–C) groups is 1. The Morgan fingerprint density at radius 1 is 1.24 bits per heavy atom. The number of benzene rings is 2. The van der Waals surface area contributed by atoms with Crippen LogP contribution < -0.4 is 5.32 Å². The van der Waals surface area contributed by atoms with E-state index in [1.807, 2.05) is 6.07 Å². The molecular weight excluding hydrogens is 464 g/mol. The zero-order valence-corrected chi connectivity index (χ0v) is 18.7. The van der Waals surface area contributed by atoms with Gasteiger partial charge in [0.15, 0.2) is 5.17 Å². The molecule has 34 heavy (non-hydrogen) atoms. The lowest BCUT2D eigenvalue weighted by Crippen LogP contribution is -2.49. The fraction of sp³-hybridized carbons (Fsp3) is 0.292. The van der Waals surface area contributed by atoms with Crippen LogP contribution >= 0.6 is 11.8 Å². The lowest BCUT2D eigenvalue weighted by atomic mass is 9.75. The molecule has 176 valence electrons. The number of carbonyl (C=O) groups is 1. The molecule has 1 saturated heterocycles. The van der Waals surface area contributed by atoms with Crippen LogP contribution in [0.25, 0.3) is 0 Å². The number of fused-ring (bicyclic) bond motifs is 1. The van der Waals surface area contributed by atoms with Crippen molar-refractivity contribution in [2.75, 3.05) is 12.4 Å².